The van der Waals surface area contributed by atoms with Crippen molar-refractivity contribution in [2.24, 2.45) is 0 Å². The quantitative estimate of drug-likeness (QED) is 0.394. The number of rotatable bonds is 7. The summed E-state index contributed by atoms with van der Waals surface area (Å²) in [5.41, 5.74) is 0.131. The van der Waals surface area contributed by atoms with Gasteiger partial charge < -0.3 is 15.7 Å². The first kappa shape index (κ1) is 18.8. The van der Waals surface area contributed by atoms with Crippen molar-refractivity contribution in [2.45, 2.75) is 0 Å². The molecule has 0 aromatic heterocycles. The predicted octanol–water partition coefficient (Wildman–Crippen LogP) is 1.47. The van der Waals surface area contributed by atoms with E-state index in [2.05, 4.69) is 10.6 Å². The van der Waals surface area contributed by atoms with Crippen LogP contribution in [0.4, 0.5) is 5.69 Å². The highest BCUT2D eigenvalue weighted by atomic mass is 16.6. The van der Waals surface area contributed by atoms with Crippen molar-refractivity contribution in [2.75, 3.05) is 13.2 Å². The third kappa shape index (κ3) is 4.99. The van der Waals surface area contributed by atoms with Crippen molar-refractivity contribution in [1.29, 1.82) is 0 Å². The van der Waals surface area contributed by atoms with Gasteiger partial charge in [-0.05, 0) is 24.3 Å². The van der Waals surface area contributed by atoms with Crippen LogP contribution in [-0.4, -0.2) is 35.0 Å². The van der Waals surface area contributed by atoms with E-state index in [0.717, 1.165) is 0 Å². The fraction of sp³-hybridized carbons (Fsp3) is 0.111. The lowest BCUT2D eigenvalue weighted by Crippen LogP contribution is -2.36. The molecule has 0 aliphatic rings. The van der Waals surface area contributed by atoms with E-state index in [9.17, 15) is 19.7 Å². The minimum Gasteiger partial charge on any atom is -0.395 e. The minimum atomic E-state index is -0.665. The van der Waals surface area contributed by atoms with Gasteiger partial charge in [-0.1, -0.05) is 30.3 Å². The van der Waals surface area contributed by atoms with Gasteiger partial charge in [0.25, 0.3) is 17.5 Å². The zero-order chi connectivity index (χ0) is 18.9. The molecular formula is C18H17N3O5. The molecule has 2 rings (SSSR count). The molecule has 0 fully saturated rings. The highest BCUT2D eigenvalue weighted by Crippen LogP contribution is 2.20. The van der Waals surface area contributed by atoms with Gasteiger partial charge in [-0.2, -0.15) is 0 Å². The molecule has 2 aromatic rings. The Bertz CT molecular complexity index is 834. The molecule has 26 heavy (non-hydrogen) atoms. The van der Waals surface area contributed by atoms with Gasteiger partial charge in [-0.15, -0.1) is 0 Å². The van der Waals surface area contributed by atoms with Gasteiger partial charge >= 0.3 is 0 Å². The lowest BCUT2D eigenvalue weighted by molar-refractivity contribution is -0.385. The molecule has 0 saturated carbocycles. The molecule has 2 aromatic carbocycles. The lowest BCUT2D eigenvalue weighted by atomic mass is 10.1. The maximum absolute atomic E-state index is 12.3. The van der Waals surface area contributed by atoms with Crippen molar-refractivity contribution in [3.8, 4) is 0 Å². The van der Waals surface area contributed by atoms with Gasteiger partial charge in [-0.25, -0.2) is 0 Å². The summed E-state index contributed by atoms with van der Waals surface area (Å²) in [6, 6.07) is 14.1. The Kier molecular flexibility index (Phi) is 6.58. The standard InChI is InChI=1S/C18H17N3O5/c22-11-10-19-18(24)15(20-17(23)13-6-2-1-3-7-13)12-14-8-4-5-9-16(14)21(25)26/h1-9,12,22H,10-11H2,(H,19,24)(H,20,23)/b15-12+. The molecule has 0 aliphatic carbocycles. The Balaban J connectivity index is 2.36. The van der Waals surface area contributed by atoms with Gasteiger partial charge in [0.1, 0.15) is 5.70 Å². The van der Waals surface area contributed by atoms with Crippen molar-refractivity contribution in [1.82, 2.24) is 10.6 Å². The third-order valence-corrected chi connectivity index (χ3v) is 3.36. The molecule has 8 nitrogen and oxygen atoms in total. The van der Waals surface area contributed by atoms with E-state index in [-0.39, 0.29) is 30.1 Å². The topological polar surface area (TPSA) is 122 Å². The molecule has 0 atom stereocenters. The van der Waals surface area contributed by atoms with Crippen LogP contribution in [0.15, 0.2) is 60.3 Å². The zero-order valence-corrected chi connectivity index (χ0v) is 13.7. The Morgan fingerprint density at radius 1 is 1.08 bits per heavy atom. The third-order valence-electron chi connectivity index (χ3n) is 3.36. The summed E-state index contributed by atoms with van der Waals surface area (Å²) < 4.78 is 0. The number of nitrogens with zero attached hydrogens (tertiary/aromatic N) is 1. The van der Waals surface area contributed by atoms with Crippen molar-refractivity contribution >= 4 is 23.6 Å². The van der Waals surface area contributed by atoms with Crippen molar-refractivity contribution < 1.29 is 19.6 Å². The molecule has 134 valence electrons. The molecule has 0 heterocycles. The summed E-state index contributed by atoms with van der Waals surface area (Å²) in [5, 5.41) is 24.9. The first-order valence-corrected chi connectivity index (χ1v) is 7.73. The number of nitro groups is 1. The maximum Gasteiger partial charge on any atom is 0.276 e. The number of carbonyl (C=O) groups is 2. The van der Waals surface area contributed by atoms with Gasteiger partial charge in [-0.3, -0.25) is 19.7 Å². The smallest absolute Gasteiger partial charge is 0.276 e. The number of para-hydroxylation sites is 1. The van der Waals surface area contributed by atoms with Crippen molar-refractivity contribution in [3.63, 3.8) is 0 Å². The summed E-state index contributed by atoms with van der Waals surface area (Å²) in [6.45, 7) is -0.300. The first-order chi connectivity index (χ1) is 12.5. The van der Waals surface area contributed by atoms with Crippen LogP contribution in [-0.2, 0) is 4.79 Å². The van der Waals surface area contributed by atoms with E-state index < -0.39 is 16.7 Å². The number of amides is 2. The summed E-state index contributed by atoms with van der Waals surface area (Å²) in [6.07, 6.45) is 1.23. The lowest BCUT2D eigenvalue weighted by Gasteiger charge is -2.10. The fourth-order valence-electron chi connectivity index (χ4n) is 2.14. The van der Waals surface area contributed by atoms with Crippen molar-refractivity contribution in [3.05, 3.63) is 81.5 Å². The number of hydrogen-bond acceptors (Lipinski definition) is 5. The Morgan fingerprint density at radius 2 is 1.73 bits per heavy atom. The van der Waals surface area contributed by atoms with Crippen LogP contribution in [0, 0.1) is 10.1 Å². The van der Waals surface area contributed by atoms with Crippen LogP contribution in [0.3, 0.4) is 0 Å². The largest absolute Gasteiger partial charge is 0.395 e. The van der Waals surface area contributed by atoms with E-state index in [1.807, 2.05) is 0 Å². The number of nitrogens with one attached hydrogen (secondary N) is 2. The SMILES string of the molecule is O=C(NCCO)/C(=C\c1ccccc1[N+](=O)[O-])NC(=O)c1ccccc1. The van der Waals surface area contributed by atoms with Crippen LogP contribution in [0.25, 0.3) is 6.08 Å². The number of aliphatic hydroxyl groups is 1. The number of benzene rings is 2. The second-order valence-corrected chi connectivity index (χ2v) is 5.17. The molecule has 0 radical (unpaired) electrons. The number of hydrogen-bond donors (Lipinski definition) is 3. The van der Waals surface area contributed by atoms with E-state index in [4.69, 9.17) is 5.11 Å². The van der Waals surface area contributed by atoms with E-state index in [0.29, 0.717) is 5.56 Å². The van der Waals surface area contributed by atoms with Crippen LogP contribution in [0.2, 0.25) is 0 Å². The predicted molar refractivity (Wildman–Crippen MR) is 95.1 cm³/mol. The summed E-state index contributed by atoms with van der Waals surface area (Å²) >= 11 is 0. The molecule has 0 saturated heterocycles. The molecule has 0 unspecified atom stereocenters. The Labute approximate surface area is 149 Å². The number of aliphatic hydroxyl groups excluding tert-OH is 1. The second-order valence-electron chi connectivity index (χ2n) is 5.17. The van der Waals surface area contributed by atoms with E-state index in [1.54, 1.807) is 36.4 Å². The summed E-state index contributed by atoms with van der Waals surface area (Å²) in [7, 11) is 0. The molecule has 0 spiro atoms. The Hall–Kier alpha value is -3.52. The van der Waals surface area contributed by atoms with E-state index in [1.165, 1.54) is 24.3 Å². The summed E-state index contributed by atoms with van der Waals surface area (Å²) in [4.78, 5) is 35.2. The van der Waals surface area contributed by atoms with Crippen LogP contribution in [0.5, 0.6) is 0 Å². The zero-order valence-electron chi connectivity index (χ0n) is 13.7. The highest BCUT2D eigenvalue weighted by molar-refractivity contribution is 6.05. The molecule has 2 amide bonds. The van der Waals surface area contributed by atoms with Gasteiger partial charge in [0.2, 0.25) is 0 Å². The first-order valence-electron chi connectivity index (χ1n) is 7.73. The van der Waals surface area contributed by atoms with Crippen LogP contribution < -0.4 is 10.6 Å². The fourth-order valence-corrected chi connectivity index (χ4v) is 2.14. The van der Waals surface area contributed by atoms with Crippen LogP contribution in [0.1, 0.15) is 15.9 Å². The van der Waals surface area contributed by atoms with Crippen LogP contribution >= 0.6 is 0 Å². The number of carbonyl (C=O) groups excluding carboxylic acids is 2. The molecule has 0 bridgehead atoms. The van der Waals surface area contributed by atoms with E-state index >= 15 is 0 Å². The maximum atomic E-state index is 12.3. The Morgan fingerprint density at radius 3 is 2.38 bits per heavy atom. The number of nitro benzene ring substituents is 1. The molecule has 3 N–H and O–H groups in total. The van der Waals surface area contributed by atoms with Gasteiger partial charge in [0, 0.05) is 18.2 Å². The molecular weight excluding hydrogens is 338 g/mol. The molecule has 8 heteroatoms. The monoisotopic (exact) mass is 355 g/mol. The second kappa shape index (κ2) is 9.09. The average Bonchev–Trinajstić information content (AvgIpc) is 2.66. The average molecular weight is 355 g/mol. The highest BCUT2D eigenvalue weighted by Gasteiger charge is 2.17. The summed E-state index contributed by atoms with van der Waals surface area (Å²) in [5.74, 6) is -1.20. The van der Waals surface area contributed by atoms with Gasteiger partial charge in [0.15, 0.2) is 0 Å². The minimum absolute atomic E-state index is 0.0196. The normalized spacial score (nSPS) is 10.9. The van der Waals surface area contributed by atoms with Gasteiger partial charge in [0.05, 0.1) is 17.1 Å². The molecule has 0 aliphatic heterocycles.